The van der Waals surface area contributed by atoms with Crippen LogP contribution in [-0.4, -0.2) is 24.5 Å². The van der Waals surface area contributed by atoms with Crippen molar-refractivity contribution in [1.82, 2.24) is 19.6 Å². The van der Waals surface area contributed by atoms with Gasteiger partial charge < -0.3 is 4.98 Å². The molecule has 2 heterocycles. The maximum atomic E-state index is 11.7. The zero-order valence-electron chi connectivity index (χ0n) is 9.01. The van der Waals surface area contributed by atoms with Crippen LogP contribution < -0.4 is 11.4 Å². The second-order valence-corrected chi connectivity index (χ2v) is 4.13. The van der Waals surface area contributed by atoms with E-state index in [2.05, 4.69) is 15.2 Å². The van der Waals surface area contributed by atoms with E-state index in [1.165, 1.54) is 6.07 Å². The summed E-state index contributed by atoms with van der Waals surface area (Å²) < 4.78 is 0.782. The minimum absolute atomic E-state index is 0.0561. The molecular weight excluding hydrogens is 278 g/mol. The van der Waals surface area contributed by atoms with Gasteiger partial charge in [0.05, 0.1) is 10.4 Å². The molecular formula is C9H4ClN5O4. The third-order valence-electron chi connectivity index (χ3n) is 2.64. The van der Waals surface area contributed by atoms with Crippen LogP contribution in [0.15, 0.2) is 21.7 Å². The Morgan fingerprint density at radius 1 is 1.32 bits per heavy atom. The predicted molar refractivity (Wildman–Crippen MR) is 65.6 cm³/mol. The Balaban J connectivity index is 2.58. The highest BCUT2D eigenvalue weighted by molar-refractivity contribution is 6.33. The number of aromatic nitrogens is 4. The van der Waals surface area contributed by atoms with Crippen molar-refractivity contribution in [2.24, 2.45) is 0 Å². The van der Waals surface area contributed by atoms with Gasteiger partial charge in [0, 0.05) is 11.5 Å². The maximum absolute atomic E-state index is 11.7. The topological polar surface area (TPSA) is 126 Å². The van der Waals surface area contributed by atoms with E-state index in [0.717, 1.165) is 10.5 Å². The molecule has 0 fully saturated rings. The first-order valence-electron chi connectivity index (χ1n) is 4.96. The number of nitro benzene ring substituents is 1. The van der Waals surface area contributed by atoms with Gasteiger partial charge in [-0.05, 0) is 6.07 Å². The first kappa shape index (κ1) is 11.4. The number of rotatable bonds is 1. The molecule has 0 bridgehead atoms. The number of aromatic amines is 2. The minimum atomic E-state index is -0.738. The van der Waals surface area contributed by atoms with Crippen LogP contribution in [0.3, 0.4) is 0 Å². The van der Waals surface area contributed by atoms with Crippen LogP contribution in [-0.2, 0) is 0 Å². The summed E-state index contributed by atoms with van der Waals surface area (Å²) in [5.41, 5.74) is -1.55. The summed E-state index contributed by atoms with van der Waals surface area (Å²) in [6.07, 6.45) is 0. The van der Waals surface area contributed by atoms with Crippen molar-refractivity contribution >= 4 is 33.8 Å². The van der Waals surface area contributed by atoms with Crippen LogP contribution in [0.1, 0.15) is 0 Å². The molecule has 0 aliphatic rings. The number of hydrogen-bond acceptors (Lipinski definition) is 5. The molecule has 19 heavy (non-hydrogen) atoms. The van der Waals surface area contributed by atoms with Crippen LogP contribution >= 0.6 is 11.6 Å². The minimum Gasteiger partial charge on any atom is -0.306 e. The summed E-state index contributed by atoms with van der Waals surface area (Å²) in [6.45, 7) is 0. The molecule has 0 aliphatic heterocycles. The molecule has 3 aromatic rings. The molecule has 0 radical (unpaired) electrons. The van der Waals surface area contributed by atoms with Crippen molar-refractivity contribution < 1.29 is 4.92 Å². The quantitative estimate of drug-likeness (QED) is 0.494. The summed E-state index contributed by atoms with van der Waals surface area (Å²) >= 11 is 5.79. The Morgan fingerprint density at radius 2 is 2.05 bits per heavy atom. The molecule has 2 aromatic heterocycles. The molecule has 10 heteroatoms. The van der Waals surface area contributed by atoms with Crippen molar-refractivity contribution in [2.75, 3.05) is 0 Å². The Labute approximate surface area is 107 Å². The van der Waals surface area contributed by atoms with E-state index in [1.54, 1.807) is 0 Å². The number of nitro groups is 1. The number of halogens is 1. The number of hydrogen-bond donors (Lipinski definition) is 2. The normalized spacial score (nSPS) is 11.2. The summed E-state index contributed by atoms with van der Waals surface area (Å²) in [7, 11) is 0. The van der Waals surface area contributed by atoms with E-state index in [4.69, 9.17) is 11.6 Å². The van der Waals surface area contributed by atoms with Crippen LogP contribution in [0.2, 0.25) is 5.02 Å². The Bertz CT molecular complexity index is 953. The SMILES string of the molecule is O=c1[nH]nc2c3cc(Cl)c([N+](=O)[O-])cc3[nH]c(=O)n12. The molecule has 2 N–H and O–H groups in total. The van der Waals surface area contributed by atoms with Gasteiger partial charge in [-0.2, -0.15) is 9.50 Å². The van der Waals surface area contributed by atoms with Crippen LogP contribution in [0.25, 0.3) is 16.6 Å². The number of H-pyrrole nitrogens is 2. The average Bonchev–Trinajstić information content (AvgIpc) is 2.72. The van der Waals surface area contributed by atoms with Gasteiger partial charge in [0.25, 0.3) is 5.69 Å². The summed E-state index contributed by atoms with van der Waals surface area (Å²) in [5.74, 6) is 0. The van der Waals surface area contributed by atoms with E-state index in [0.29, 0.717) is 5.39 Å². The van der Waals surface area contributed by atoms with Crippen molar-refractivity contribution in [3.8, 4) is 0 Å². The van der Waals surface area contributed by atoms with Crippen molar-refractivity contribution in [3.63, 3.8) is 0 Å². The molecule has 0 unspecified atom stereocenters. The molecule has 3 rings (SSSR count). The van der Waals surface area contributed by atoms with E-state index in [1.807, 2.05) is 0 Å². The highest BCUT2D eigenvalue weighted by Gasteiger charge is 2.17. The van der Waals surface area contributed by atoms with Crippen LogP contribution in [0, 0.1) is 10.1 Å². The van der Waals surface area contributed by atoms with Gasteiger partial charge in [0.1, 0.15) is 5.02 Å². The van der Waals surface area contributed by atoms with Crippen molar-refractivity contribution in [2.45, 2.75) is 0 Å². The Morgan fingerprint density at radius 3 is 2.74 bits per heavy atom. The smallest absolute Gasteiger partial charge is 0.306 e. The van der Waals surface area contributed by atoms with Gasteiger partial charge >= 0.3 is 11.4 Å². The van der Waals surface area contributed by atoms with Gasteiger partial charge in [-0.1, -0.05) is 11.6 Å². The third-order valence-corrected chi connectivity index (χ3v) is 2.94. The third kappa shape index (κ3) is 1.52. The fraction of sp³-hybridized carbons (Fsp3) is 0. The second-order valence-electron chi connectivity index (χ2n) is 3.72. The fourth-order valence-corrected chi connectivity index (χ4v) is 2.06. The molecule has 9 nitrogen and oxygen atoms in total. The monoisotopic (exact) mass is 281 g/mol. The molecule has 0 spiro atoms. The van der Waals surface area contributed by atoms with E-state index in [-0.39, 0.29) is 21.9 Å². The molecule has 0 atom stereocenters. The molecule has 0 saturated heterocycles. The molecule has 96 valence electrons. The lowest BCUT2D eigenvalue weighted by atomic mass is 10.2. The zero-order valence-corrected chi connectivity index (χ0v) is 9.76. The van der Waals surface area contributed by atoms with Gasteiger partial charge in [-0.15, -0.1) is 0 Å². The first-order chi connectivity index (χ1) is 8.99. The summed E-state index contributed by atoms with van der Waals surface area (Å²) in [6, 6.07) is 2.40. The largest absolute Gasteiger partial charge is 0.351 e. The fourth-order valence-electron chi connectivity index (χ4n) is 1.83. The van der Waals surface area contributed by atoms with Gasteiger partial charge in [-0.25, -0.2) is 14.7 Å². The van der Waals surface area contributed by atoms with Gasteiger partial charge in [-0.3, -0.25) is 10.1 Å². The van der Waals surface area contributed by atoms with Crippen molar-refractivity contribution in [1.29, 1.82) is 0 Å². The average molecular weight is 282 g/mol. The number of nitrogens with one attached hydrogen (secondary N) is 2. The first-order valence-corrected chi connectivity index (χ1v) is 5.34. The Kier molecular flexibility index (Phi) is 2.20. The highest BCUT2D eigenvalue weighted by Crippen LogP contribution is 2.29. The zero-order chi connectivity index (χ0) is 13.7. The highest BCUT2D eigenvalue weighted by atomic mass is 35.5. The lowest BCUT2D eigenvalue weighted by molar-refractivity contribution is -0.384. The molecule has 0 aliphatic carbocycles. The van der Waals surface area contributed by atoms with Crippen LogP contribution in [0.4, 0.5) is 5.69 Å². The number of benzene rings is 1. The van der Waals surface area contributed by atoms with Crippen LogP contribution in [0.5, 0.6) is 0 Å². The Hall–Kier alpha value is -2.68. The molecule has 1 aromatic carbocycles. The van der Waals surface area contributed by atoms with E-state index < -0.39 is 16.3 Å². The van der Waals surface area contributed by atoms with E-state index in [9.17, 15) is 19.7 Å². The second kappa shape index (κ2) is 3.65. The van der Waals surface area contributed by atoms with E-state index >= 15 is 0 Å². The summed E-state index contributed by atoms with van der Waals surface area (Å²) in [5, 5.41) is 16.8. The van der Waals surface area contributed by atoms with Gasteiger partial charge in [0.15, 0.2) is 5.65 Å². The number of nitrogens with zero attached hydrogens (tertiary/aromatic N) is 3. The van der Waals surface area contributed by atoms with Gasteiger partial charge in [0.2, 0.25) is 0 Å². The standard InChI is InChI=1S/C9H4ClN5O4/c10-4-1-3-5(2-6(4)15(18)19)11-8(16)14-7(3)12-13-9(14)17/h1-2H,(H,11,16)(H,13,17). The lowest BCUT2D eigenvalue weighted by Crippen LogP contribution is -2.26. The summed E-state index contributed by atoms with van der Waals surface area (Å²) in [4.78, 5) is 35.5. The maximum Gasteiger partial charge on any atom is 0.351 e. The molecule has 0 saturated carbocycles. The molecule has 0 amide bonds. The predicted octanol–water partition coefficient (Wildman–Crippen LogP) is 0.426. The van der Waals surface area contributed by atoms with Crippen molar-refractivity contribution in [3.05, 3.63) is 48.2 Å². The lowest BCUT2D eigenvalue weighted by Gasteiger charge is -2.01. The number of fused-ring (bicyclic) bond motifs is 3.